The summed E-state index contributed by atoms with van der Waals surface area (Å²) < 4.78 is 5.29. The topological polar surface area (TPSA) is 75.6 Å². The largest absolute Gasteiger partial charge is 0.480 e. The second-order valence-electron chi connectivity index (χ2n) is 4.94. The van der Waals surface area contributed by atoms with E-state index in [0.717, 1.165) is 12.8 Å². The Balaban J connectivity index is 1.92. The average molecular weight is 253 g/mol. The first kappa shape index (κ1) is 13.1. The molecule has 1 fully saturated rings. The minimum absolute atomic E-state index is 0.101. The molecule has 0 aromatic rings. The zero-order chi connectivity index (χ0) is 13.0. The second kappa shape index (κ2) is 6.00. The van der Waals surface area contributed by atoms with Gasteiger partial charge in [0.25, 0.3) is 0 Å². The Hall–Kier alpha value is -1.36. The molecule has 2 N–H and O–H groups in total. The van der Waals surface area contributed by atoms with Crippen LogP contribution in [-0.2, 0) is 14.3 Å². The van der Waals surface area contributed by atoms with Crippen molar-refractivity contribution in [3.8, 4) is 0 Å². The van der Waals surface area contributed by atoms with Crippen LogP contribution in [0.3, 0.4) is 0 Å². The first-order valence-corrected chi connectivity index (χ1v) is 6.44. The lowest BCUT2D eigenvalue weighted by molar-refractivity contribution is -0.145. The molecule has 2 unspecified atom stereocenters. The molecule has 18 heavy (non-hydrogen) atoms. The van der Waals surface area contributed by atoms with Crippen molar-refractivity contribution in [2.24, 2.45) is 11.8 Å². The Morgan fingerprint density at radius 1 is 1.33 bits per heavy atom. The zero-order valence-corrected chi connectivity index (χ0v) is 10.3. The van der Waals surface area contributed by atoms with Crippen molar-refractivity contribution in [1.29, 1.82) is 0 Å². The molecule has 0 bridgehead atoms. The summed E-state index contributed by atoms with van der Waals surface area (Å²) in [7, 11) is 0. The molecule has 2 rings (SSSR count). The molecule has 1 aliphatic heterocycles. The van der Waals surface area contributed by atoms with Crippen molar-refractivity contribution in [2.75, 3.05) is 13.2 Å². The smallest absolute Gasteiger partial charge is 0.326 e. The molecule has 100 valence electrons. The number of amides is 1. The second-order valence-corrected chi connectivity index (χ2v) is 4.94. The van der Waals surface area contributed by atoms with Crippen LogP contribution in [0.15, 0.2) is 12.2 Å². The van der Waals surface area contributed by atoms with Crippen molar-refractivity contribution >= 4 is 11.9 Å². The normalized spacial score (nSPS) is 25.9. The fraction of sp³-hybridized carbons (Fsp3) is 0.692. The lowest BCUT2D eigenvalue weighted by Gasteiger charge is -2.28. The van der Waals surface area contributed by atoms with Crippen LogP contribution in [0, 0.1) is 11.8 Å². The number of nitrogens with one attached hydrogen (secondary N) is 1. The summed E-state index contributed by atoms with van der Waals surface area (Å²) in [4.78, 5) is 23.2. The van der Waals surface area contributed by atoms with E-state index in [0.29, 0.717) is 26.1 Å². The van der Waals surface area contributed by atoms with Gasteiger partial charge in [0, 0.05) is 18.4 Å². The van der Waals surface area contributed by atoms with Crippen molar-refractivity contribution < 1.29 is 19.4 Å². The molecular formula is C13H19NO4. The molecule has 0 aromatic heterocycles. The van der Waals surface area contributed by atoms with E-state index < -0.39 is 12.0 Å². The Kier molecular flexibility index (Phi) is 4.36. The maximum absolute atomic E-state index is 11.9. The van der Waals surface area contributed by atoms with Crippen LogP contribution in [0.1, 0.15) is 25.7 Å². The van der Waals surface area contributed by atoms with Crippen molar-refractivity contribution in [1.82, 2.24) is 5.32 Å². The number of hydrogen-bond donors (Lipinski definition) is 2. The van der Waals surface area contributed by atoms with E-state index in [1.54, 1.807) is 0 Å². The van der Waals surface area contributed by atoms with Crippen LogP contribution >= 0.6 is 0 Å². The van der Waals surface area contributed by atoms with Crippen molar-refractivity contribution in [3.05, 3.63) is 12.2 Å². The van der Waals surface area contributed by atoms with Crippen LogP contribution in [0.2, 0.25) is 0 Å². The van der Waals surface area contributed by atoms with Gasteiger partial charge in [-0.15, -0.1) is 0 Å². The third-order valence-corrected chi connectivity index (χ3v) is 3.61. The number of carbonyl (C=O) groups excluding carboxylic acids is 1. The van der Waals surface area contributed by atoms with E-state index >= 15 is 0 Å². The Morgan fingerprint density at radius 3 is 2.61 bits per heavy atom. The maximum atomic E-state index is 11.9. The third-order valence-electron chi connectivity index (χ3n) is 3.61. The van der Waals surface area contributed by atoms with Gasteiger partial charge in [0.05, 0.1) is 6.61 Å². The number of rotatable bonds is 4. The fourth-order valence-electron chi connectivity index (χ4n) is 2.51. The monoisotopic (exact) mass is 253 g/mol. The van der Waals surface area contributed by atoms with Gasteiger partial charge in [-0.3, -0.25) is 4.79 Å². The number of carbonyl (C=O) groups is 2. The molecule has 0 saturated carbocycles. The average Bonchev–Trinajstić information content (AvgIpc) is 2.90. The first-order valence-electron chi connectivity index (χ1n) is 6.44. The minimum Gasteiger partial charge on any atom is -0.480 e. The number of carboxylic acid groups (broad SMARTS) is 1. The molecule has 2 aliphatic rings. The molecule has 0 spiro atoms. The quantitative estimate of drug-likeness (QED) is 0.731. The van der Waals surface area contributed by atoms with E-state index in [-0.39, 0.29) is 17.7 Å². The predicted octanol–water partition coefficient (Wildman–Crippen LogP) is 0.949. The number of carboxylic acids is 1. The summed E-state index contributed by atoms with van der Waals surface area (Å²) in [6, 6.07) is -0.821. The summed E-state index contributed by atoms with van der Waals surface area (Å²) in [5, 5.41) is 11.9. The van der Waals surface area contributed by atoms with Gasteiger partial charge in [0.2, 0.25) is 5.91 Å². The number of allylic oxidation sites excluding steroid dienone is 2. The zero-order valence-electron chi connectivity index (χ0n) is 10.3. The summed E-state index contributed by atoms with van der Waals surface area (Å²) in [5.74, 6) is -1.34. The van der Waals surface area contributed by atoms with Crippen LogP contribution in [0.25, 0.3) is 0 Å². The summed E-state index contributed by atoms with van der Waals surface area (Å²) >= 11 is 0. The van der Waals surface area contributed by atoms with Crippen LogP contribution < -0.4 is 5.32 Å². The highest BCUT2D eigenvalue weighted by atomic mass is 16.5. The number of hydrogen-bond acceptors (Lipinski definition) is 3. The standard InChI is InChI=1S/C13H19NO4/c15-12(9-4-1-2-5-9)14-11(13(16)17)10-6-3-7-18-8-10/h1-2,9-11H,3-8H2,(H,14,15)(H,16,17). The van der Waals surface area contributed by atoms with E-state index in [1.807, 2.05) is 12.2 Å². The van der Waals surface area contributed by atoms with Gasteiger partial charge in [-0.2, -0.15) is 0 Å². The van der Waals surface area contributed by atoms with Gasteiger partial charge in [-0.05, 0) is 25.7 Å². The highest BCUT2D eigenvalue weighted by Gasteiger charge is 2.33. The van der Waals surface area contributed by atoms with Crippen LogP contribution in [0.4, 0.5) is 0 Å². The molecule has 1 heterocycles. The highest BCUT2D eigenvalue weighted by molar-refractivity contribution is 5.85. The lowest BCUT2D eigenvalue weighted by Crippen LogP contribution is -2.49. The maximum Gasteiger partial charge on any atom is 0.326 e. The molecule has 0 radical (unpaired) electrons. The minimum atomic E-state index is -0.968. The summed E-state index contributed by atoms with van der Waals surface area (Å²) in [5.41, 5.74) is 0. The molecule has 1 amide bonds. The molecule has 2 atom stereocenters. The molecule has 1 saturated heterocycles. The lowest BCUT2D eigenvalue weighted by atomic mass is 9.93. The van der Waals surface area contributed by atoms with Gasteiger partial charge in [-0.25, -0.2) is 4.79 Å². The predicted molar refractivity (Wildman–Crippen MR) is 65.0 cm³/mol. The van der Waals surface area contributed by atoms with Crippen LogP contribution in [0.5, 0.6) is 0 Å². The van der Waals surface area contributed by atoms with E-state index in [1.165, 1.54) is 0 Å². The van der Waals surface area contributed by atoms with Crippen molar-refractivity contribution in [3.63, 3.8) is 0 Å². The van der Waals surface area contributed by atoms with Crippen LogP contribution in [-0.4, -0.2) is 36.2 Å². The number of aliphatic carboxylic acids is 1. The molecule has 0 aromatic carbocycles. The van der Waals surface area contributed by atoms with Gasteiger partial charge >= 0.3 is 5.97 Å². The highest BCUT2D eigenvalue weighted by Crippen LogP contribution is 2.21. The number of ether oxygens (including phenoxy) is 1. The van der Waals surface area contributed by atoms with E-state index in [9.17, 15) is 14.7 Å². The van der Waals surface area contributed by atoms with E-state index in [2.05, 4.69) is 5.32 Å². The SMILES string of the molecule is O=C(NC(C(=O)O)C1CCCOC1)C1CC=CC1. The summed E-state index contributed by atoms with van der Waals surface area (Å²) in [6.45, 7) is 1.10. The van der Waals surface area contributed by atoms with Gasteiger partial charge in [0.15, 0.2) is 0 Å². The summed E-state index contributed by atoms with van der Waals surface area (Å²) in [6.07, 6.45) is 6.99. The molecule has 1 aliphatic carbocycles. The van der Waals surface area contributed by atoms with Crippen molar-refractivity contribution in [2.45, 2.75) is 31.7 Å². The Morgan fingerprint density at radius 2 is 2.06 bits per heavy atom. The van der Waals surface area contributed by atoms with Gasteiger partial charge in [-0.1, -0.05) is 12.2 Å². The van der Waals surface area contributed by atoms with Gasteiger partial charge < -0.3 is 15.2 Å². The fourth-order valence-corrected chi connectivity index (χ4v) is 2.51. The van der Waals surface area contributed by atoms with E-state index in [4.69, 9.17) is 4.74 Å². The molecule has 5 nitrogen and oxygen atoms in total. The molecule has 5 heteroatoms. The third kappa shape index (κ3) is 3.10. The Bertz CT molecular complexity index is 339. The Labute approximate surface area is 106 Å². The molecular weight excluding hydrogens is 234 g/mol. The first-order chi connectivity index (χ1) is 8.68. The van der Waals surface area contributed by atoms with Gasteiger partial charge in [0.1, 0.15) is 6.04 Å².